The fourth-order valence-electron chi connectivity index (χ4n) is 2.16. The van der Waals surface area contributed by atoms with Crippen LogP contribution < -0.4 is 5.32 Å². The lowest BCUT2D eigenvalue weighted by molar-refractivity contribution is -0.127. The molecule has 1 aliphatic rings. The molecule has 1 fully saturated rings. The zero-order chi connectivity index (χ0) is 15.3. The molecule has 0 bridgehead atoms. The summed E-state index contributed by atoms with van der Waals surface area (Å²) in [5, 5.41) is 15.8. The maximum absolute atomic E-state index is 12.0. The Labute approximate surface area is 129 Å². The Bertz CT molecular complexity index is 463. The van der Waals surface area contributed by atoms with Crippen LogP contribution in [0.1, 0.15) is 33.6 Å². The number of likely N-dealkylation sites (tertiary alicyclic amines) is 1. The minimum atomic E-state index is 0.0764. The van der Waals surface area contributed by atoms with E-state index in [-0.39, 0.29) is 11.4 Å². The van der Waals surface area contributed by atoms with E-state index in [4.69, 9.17) is 0 Å². The summed E-state index contributed by atoms with van der Waals surface area (Å²) in [7, 11) is 0. The van der Waals surface area contributed by atoms with Crippen molar-refractivity contribution in [2.45, 2.75) is 50.9 Å². The lowest BCUT2D eigenvalue weighted by atomic mass is 10.1. The normalized spacial score (nSPS) is 15.7. The van der Waals surface area contributed by atoms with E-state index in [2.05, 4.69) is 41.6 Å². The predicted octanol–water partition coefficient (Wildman–Crippen LogP) is 0.776. The second kappa shape index (κ2) is 7.22. The van der Waals surface area contributed by atoms with E-state index in [0.29, 0.717) is 17.5 Å². The van der Waals surface area contributed by atoms with Crippen LogP contribution in [-0.2, 0) is 11.3 Å². The summed E-state index contributed by atoms with van der Waals surface area (Å²) >= 11 is 1.41. The molecular weight excluding hydrogens is 288 g/mol. The van der Waals surface area contributed by atoms with Gasteiger partial charge in [-0.2, -0.15) is 0 Å². The van der Waals surface area contributed by atoms with Crippen molar-refractivity contribution in [3.05, 3.63) is 0 Å². The van der Waals surface area contributed by atoms with Crippen LogP contribution in [0.15, 0.2) is 5.16 Å². The van der Waals surface area contributed by atoms with Crippen molar-refractivity contribution in [1.82, 2.24) is 30.4 Å². The average molecular weight is 312 g/mol. The fourth-order valence-corrected chi connectivity index (χ4v) is 2.97. The van der Waals surface area contributed by atoms with Gasteiger partial charge in [0.25, 0.3) is 0 Å². The first-order valence-electron chi connectivity index (χ1n) is 7.37. The summed E-state index contributed by atoms with van der Waals surface area (Å²) in [6.07, 6.45) is 2.24. The van der Waals surface area contributed by atoms with Gasteiger partial charge in [0, 0.05) is 25.2 Å². The number of tetrazole rings is 1. The standard InChI is InChI=1S/C13H24N6OS/c1-13(2,3)14-6-9-19-12(15-16-17-19)21-10-11(20)18-7-4-5-8-18/h14H,4-10H2,1-3H3. The molecule has 2 rings (SSSR count). The second-order valence-corrected chi connectivity index (χ2v) is 7.18. The topological polar surface area (TPSA) is 75.9 Å². The molecule has 1 aromatic rings. The molecule has 0 saturated carbocycles. The van der Waals surface area contributed by atoms with Gasteiger partial charge in [-0.15, -0.1) is 5.10 Å². The number of hydrogen-bond donors (Lipinski definition) is 1. The molecule has 0 aromatic carbocycles. The third kappa shape index (κ3) is 5.28. The van der Waals surface area contributed by atoms with Gasteiger partial charge in [0.15, 0.2) is 0 Å². The van der Waals surface area contributed by atoms with Crippen LogP contribution in [0.3, 0.4) is 0 Å². The molecular formula is C13H24N6OS. The highest BCUT2D eigenvalue weighted by atomic mass is 32.2. The maximum Gasteiger partial charge on any atom is 0.233 e. The van der Waals surface area contributed by atoms with Crippen LogP contribution >= 0.6 is 11.8 Å². The first-order valence-corrected chi connectivity index (χ1v) is 8.36. The molecule has 8 heteroatoms. The molecule has 1 aliphatic heterocycles. The van der Waals surface area contributed by atoms with Gasteiger partial charge in [-0.05, 0) is 44.0 Å². The molecule has 1 amide bonds. The Morgan fingerprint density at radius 2 is 2.05 bits per heavy atom. The number of rotatable bonds is 6. The number of nitrogens with zero attached hydrogens (tertiary/aromatic N) is 5. The molecule has 0 atom stereocenters. The SMILES string of the molecule is CC(C)(C)NCCn1nnnc1SCC(=O)N1CCCC1. The first kappa shape index (κ1) is 16.2. The van der Waals surface area contributed by atoms with E-state index in [1.54, 1.807) is 4.68 Å². The molecule has 1 saturated heterocycles. The minimum Gasteiger partial charge on any atom is -0.342 e. The zero-order valence-electron chi connectivity index (χ0n) is 13.0. The molecule has 0 radical (unpaired) electrons. The van der Waals surface area contributed by atoms with E-state index in [9.17, 15) is 4.79 Å². The van der Waals surface area contributed by atoms with Crippen molar-refractivity contribution in [2.75, 3.05) is 25.4 Å². The van der Waals surface area contributed by atoms with E-state index in [1.807, 2.05) is 4.90 Å². The molecule has 0 unspecified atom stereocenters. The Kier molecular flexibility index (Phi) is 5.58. The lowest BCUT2D eigenvalue weighted by Crippen LogP contribution is -2.38. The molecule has 1 aromatic heterocycles. The number of aromatic nitrogens is 4. The van der Waals surface area contributed by atoms with Crippen LogP contribution in [0.4, 0.5) is 0 Å². The van der Waals surface area contributed by atoms with E-state index < -0.39 is 0 Å². The number of amides is 1. The molecule has 0 aliphatic carbocycles. The van der Waals surface area contributed by atoms with Crippen LogP contribution in [0.2, 0.25) is 0 Å². The number of hydrogen-bond acceptors (Lipinski definition) is 6. The van der Waals surface area contributed by atoms with E-state index >= 15 is 0 Å². The Morgan fingerprint density at radius 1 is 1.33 bits per heavy atom. The summed E-state index contributed by atoms with van der Waals surface area (Å²) in [5.41, 5.74) is 0.0764. The van der Waals surface area contributed by atoms with Crippen molar-refractivity contribution < 1.29 is 4.79 Å². The van der Waals surface area contributed by atoms with Crippen molar-refractivity contribution in [3.8, 4) is 0 Å². The minimum absolute atomic E-state index is 0.0764. The lowest BCUT2D eigenvalue weighted by Gasteiger charge is -2.20. The summed E-state index contributed by atoms with van der Waals surface area (Å²) < 4.78 is 1.75. The highest BCUT2D eigenvalue weighted by molar-refractivity contribution is 7.99. The quantitative estimate of drug-likeness (QED) is 0.782. The zero-order valence-corrected chi connectivity index (χ0v) is 13.8. The number of carbonyl (C=O) groups excluding carboxylic acids is 1. The van der Waals surface area contributed by atoms with E-state index in [0.717, 1.165) is 32.5 Å². The van der Waals surface area contributed by atoms with Crippen molar-refractivity contribution in [2.24, 2.45) is 0 Å². The van der Waals surface area contributed by atoms with Crippen LogP contribution in [0, 0.1) is 0 Å². The second-order valence-electron chi connectivity index (χ2n) is 6.24. The summed E-state index contributed by atoms with van der Waals surface area (Å²) in [4.78, 5) is 13.9. The highest BCUT2D eigenvalue weighted by Gasteiger charge is 2.19. The van der Waals surface area contributed by atoms with Crippen molar-refractivity contribution >= 4 is 17.7 Å². The number of carbonyl (C=O) groups is 1. The summed E-state index contributed by atoms with van der Waals surface area (Å²) in [6, 6.07) is 0. The van der Waals surface area contributed by atoms with Gasteiger partial charge in [-0.25, -0.2) is 4.68 Å². The van der Waals surface area contributed by atoms with E-state index in [1.165, 1.54) is 11.8 Å². The number of thioether (sulfide) groups is 1. The molecule has 7 nitrogen and oxygen atoms in total. The maximum atomic E-state index is 12.0. The van der Waals surface area contributed by atoms with Crippen LogP contribution in [0.25, 0.3) is 0 Å². The monoisotopic (exact) mass is 312 g/mol. The highest BCUT2D eigenvalue weighted by Crippen LogP contribution is 2.16. The molecule has 0 spiro atoms. The van der Waals surface area contributed by atoms with Crippen LogP contribution in [-0.4, -0.2) is 61.9 Å². The predicted molar refractivity (Wildman–Crippen MR) is 82.1 cm³/mol. The van der Waals surface area contributed by atoms with Gasteiger partial charge in [0.2, 0.25) is 11.1 Å². The average Bonchev–Trinajstić information content (AvgIpc) is 3.06. The van der Waals surface area contributed by atoms with Crippen LogP contribution in [0.5, 0.6) is 0 Å². The first-order chi connectivity index (χ1) is 9.96. The summed E-state index contributed by atoms with van der Waals surface area (Å²) in [5.74, 6) is 0.590. The van der Waals surface area contributed by atoms with Crippen molar-refractivity contribution in [1.29, 1.82) is 0 Å². The van der Waals surface area contributed by atoms with Gasteiger partial charge in [-0.1, -0.05) is 11.8 Å². The van der Waals surface area contributed by atoms with Gasteiger partial charge in [-0.3, -0.25) is 4.79 Å². The largest absolute Gasteiger partial charge is 0.342 e. The number of nitrogens with one attached hydrogen (secondary N) is 1. The fraction of sp³-hybridized carbons (Fsp3) is 0.846. The summed E-state index contributed by atoms with van der Waals surface area (Å²) in [6.45, 7) is 9.64. The Hall–Kier alpha value is -1.15. The molecule has 21 heavy (non-hydrogen) atoms. The third-order valence-electron chi connectivity index (χ3n) is 3.26. The van der Waals surface area contributed by atoms with Gasteiger partial charge in [0.05, 0.1) is 12.3 Å². The molecule has 2 heterocycles. The molecule has 1 N–H and O–H groups in total. The van der Waals surface area contributed by atoms with Gasteiger partial charge >= 0.3 is 0 Å². The Morgan fingerprint density at radius 3 is 2.71 bits per heavy atom. The molecule has 118 valence electrons. The Balaban J connectivity index is 1.78. The third-order valence-corrected chi connectivity index (χ3v) is 4.20. The van der Waals surface area contributed by atoms with Gasteiger partial charge < -0.3 is 10.2 Å². The smallest absolute Gasteiger partial charge is 0.233 e. The van der Waals surface area contributed by atoms with Gasteiger partial charge in [0.1, 0.15) is 0 Å². The van der Waals surface area contributed by atoms with Crippen molar-refractivity contribution in [3.63, 3.8) is 0 Å².